The molecule has 1 atom stereocenters. The number of carbonyl (C=O) groups is 1. The number of hydrogen-bond donors (Lipinski definition) is 1. The van der Waals surface area contributed by atoms with E-state index in [0.717, 1.165) is 6.26 Å². The van der Waals surface area contributed by atoms with E-state index in [1.807, 2.05) is 0 Å². The molecule has 1 unspecified atom stereocenters. The molecular weight excluding hydrogens is 266 g/mol. The molecule has 1 aromatic rings. The minimum Gasteiger partial charge on any atom is -0.393 e. The maximum atomic E-state index is 12.0. The van der Waals surface area contributed by atoms with E-state index >= 15 is 0 Å². The molecule has 1 rings (SSSR count). The average molecular weight is 285 g/mol. The number of aliphatic hydroxyl groups excluding tert-OH is 1. The molecule has 0 spiro atoms. The molecule has 6 heteroatoms. The normalized spacial score (nSPS) is 13.1. The zero-order chi connectivity index (χ0) is 14.6. The molecule has 0 heterocycles. The van der Waals surface area contributed by atoms with Gasteiger partial charge >= 0.3 is 0 Å². The lowest BCUT2D eigenvalue weighted by Gasteiger charge is -2.18. The third-order valence-corrected chi connectivity index (χ3v) is 3.89. The second-order valence-electron chi connectivity index (χ2n) is 4.66. The van der Waals surface area contributed by atoms with Gasteiger partial charge in [-0.1, -0.05) is 0 Å². The molecule has 0 aliphatic heterocycles. The van der Waals surface area contributed by atoms with Crippen LogP contribution in [0.25, 0.3) is 0 Å². The number of sulfone groups is 1. The number of rotatable bonds is 5. The largest absolute Gasteiger partial charge is 0.393 e. The fourth-order valence-corrected chi connectivity index (χ4v) is 2.18. The number of carbonyl (C=O) groups excluding carboxylic acids is 1. The quantitative estimate of drug-likeness (QED) is 0.873. The molecule has 1 N–H and O–H groups in total. The van der Waals surface area contributed by atoms with Crippen molar-refractivity contribution in [2.45, 2.75) is 24.3 Å². The van der Waals surface area contributed by atoms with E-state index in [1.54, 1.807) is 14.0 Å². The predicted molar refractivity (Wildman–Crippen MR) is 72.8 cm³/mol. The lowest BCUT2D eigenvalue weighted by atomic mass is 10.2. The van der Waals surface area contributed by atoms with Gasteiger partial charge < -0.3 is 10.0 Å². The van der Waals surface area contributed by atoms with Crippen molar-refractivity contribution < 1.29 is 18.3 Å². The molecule has 1 amide bonds. The van der Waals surface area contributed by atoms with Crippen molar-refractivity contribution in [3.8, 4) is 0 Å². The summed E-state index contributed by atoms with van der Waals surface area (Å²) < 4.78 is 22.6. The van der Waals surface area contributed by atoms with Crippen LogP contribution in [0.15, 0.2) is 29.2 Å². The average Bonchev–Trinajstić information content (AvgIpc) is 2.34. The first-order chi connectivity index (χ1) is 8.71. The van der Waals surface area contributed by atoms with Crippen LogP contribution >= 0.6 is 0 Å². The van der Waals surface area contributed by atoms with Gasteiger partial charge in [0.25, 0.3) is 5.91 Å². The van der Waals surface area contributed by atoms with Crippen LogP contribution in [0.1, 0.15) is 23.7 Å². The summed E-state index contributed by atoms with van der Waals surface area (Å²) in [6.45, 7) is 2.11. The second-order valence-corrected chi connectivity index (χ2v) is 6.68. The van der Waals surface area contributed by atoms with Crippen molar-refractivity contribution >= 4 is 15.7 Å². The Morgan fingerprint density at radius 3 is 2.26 bits per heavy atom. The molecule has 0 aliphatic rings. The van der Waals surface area contributed by atoms with Crippen molar-refractivity contribution in [1.82, 2.24) is 4.90 Å². The smallest absolute Gasteiger partial charge is 0.253 e. The van der Waals surface area contributed by atoms with Gasteiger partial charge in [0.2, 0.25) is 0 Å². The summed E-state index contributed by atoms with van der Waals surface area (Å²) in [6, 6.07) is 5.84. The van der Waals surface area contributed by atoms with Crippen LogP contribution < -0.4 is 0 Å². The molecule has 0 fully saturated rings. The Labute approximate surface area is 113 Å². The van der Waals surface area contributed by atoms with Crippen molar-refractivity contribution in [2.24, 2.45) is 0 Å². The third kappa shape index (κ3) is 4.65. The third-order valence-electron chi connectivity index (χ3n) is 2.76. The Kier molecular flexibility index (Phi) is 5.08. The Morgan fingerprint density at radius 2 is 1.84 bits per heavy atom. The maximum Gasteiger partial charge on any atom is 0.253 e. The first-order valence-corrected chi connectivity index (χ1v) is 7.84. The van der Waals surface area contributed by atoms with Crippen LogP contribution in [-0.2, 0) is 9.84 Å². The summed E-state index contributed by atoms with van der Waals surface area (Å²) in [5, 5.41) is 9.17. The lowest BCUT2D eigenvalue weighted by molar-refractivity contribution is 0.0769. The van der Waals surface area contributed by atoms with Crippen molar-refractivity contribution in [2.75, 3.05) is 19.8 Å². The maximum absolute atomic E-state index is 12.0. The first kappa shape index (κ1) is 15.7. The van der Waals surface area contributed by atoms with Crippen molar-refractivity contribution in [3.63, 3.8) is 0 Å². The highest BCUT2D eigenvalue weighted by Gasteiger charge is 2.13. The fourth-order valence-electron chi connectivity index (χ4n) is 1.55. The number of aliphatic hydroxyl groups is 1. The van der Waals surface area contributed by atoms with Gasteiger partial charge in [-0.25, -0.2) is 8.42 Å². The molecule has 19 heavy (non-hydrogen) atoms. The van der Waals surface area contributed by atoms with Crippen molar-refractivity contribution in [1.29, 1.82) is 0 Å². The molecule has 0 aromatic heterocycles. The van der Waals surface area contributed by atoms with Crippen molar-refractivity contribution in [3.05, 3.63) is 29.8 Å². The summed E-state index contributed by atoms with van der Waals surface area (Å²) in [5.74, 6) is -0.194. The SMILES string of the molecule is CC(O)CCN(C)C(=O)c1ccc(S(C)(=O)=O)cc1. The van der Waals surface area contributed by atoms with Gasteiger partial charge in [-0.3, -0.25) is 4.79 Å². The van der Waals surface area contributed by atoms with Gasteiger partial charge in [-0.15, -0.1) is 0 Å². The van der Waals surface area contributed by atoms with Crippen LogP contribution in [-0.4, -0.2) is 50.3 Å². The Hall–Kier alpha value is -1.40. The first-order valence-electron chi connectivity index (χ1n) is 5.95. The zero-order valence-corrected chi connectivity index (χ0v) is 12.1. The second kappa shape index (κ2) is 6.16. The fraction of sp³-hybridized carbons (Fsp3) is 0.462. The van der Waals surface area contributed by atoms with Crippen LogP contribution in [0.3, 0.4) is 0 Å². The highest BCUT2D eigenvalue weighted by molar-refractivity contribution is 7.90. The number of amides is 1. The topological polar surface area (TPSA) is 74.7 Å². The van der Waals surface area contributed by atoms with Crippen LogP contribution in [0, 0.1) is 0 Å². The predicted octanol–water partition coefficient (Wildman–Crippen LogP) is 0.933. The molecule has 0 saturated carbocycles. The molecule has 0 radical (unpaired) electrons. The Bertz CT molecular complexity index is 534. The van der Waals surface area contributed by atoms with E-state index in [9.17, 15) is 18.3 Å². The lowest BCUT2D eigenvalue weighted by Crippen LogP contribution is -2.29. The molecular formula is C13H19NO4S. The molecule has 1 aromatic carbocycles. The highest BCUT2D eigenvalue weighted by Crippen LogP contribution is 2.12. The van der Waals surface area contributed by atoms with Gasteiger partial charge in [-0.05, 0) is 37.6 Å². The van der Waals surface area contributed by atoms with Gasteiger partial charge in [0.1, 0.15) is 0 Å². The Morgan fingerprint density at radius 1 is 1.32 bits per heavy atom. The summed E-state index contributed by atoms with van der Waals surface area (Å²) in [6.07, 6.45) is 1.17. The summed E-state index contributed by atoms with van der Waals surface area (Å²) in [4.78, 5) is 13.7. The van der Waals surface area contributed by atoms with E-state index in [-0.39, 0.29) is 10.8 Å². The minimum absolute atomic E-state index is 0.190. The molecule has 0 bridgehead atoms. The minimum atomic E-state index is -3.24. The van der Waals surface area contributed by atoms with E-state index in [4.69, 9.17) is 0 Å². The van der Waals surface area contributed by atoms with Gasteiger partial charge in [0.15, 0.2) is 9.84 Å². The van der Waals surface area contributed by atoms with Gasteiger partial charge in [0, 0.05) is 25.4 Å². The summed E-state index contributed by atoms with van der Waals surface area (Å²) >= 11 is 0. The molecule has 0 saturated heterocycles. The number of benzene rings is 1. The van der Waals surface area contributed by atoms with E-state index in [1.165, 1.54) is 29.2 Å². The number of nitrogens with zero attached hydrogens (tertiary/aromatic N) is 1. The highest BCUT2D eigenvalue weighted by atomic mass is 32.2. The molecule has 0 aliphatic carbocycles. The van der Waals surface area contributed by atoms with Gasteiger partial charge in [-0.2, -0.15) is 0 Å². The van der Waals surface area contributed by atoms with E-state index in [2.05, 4.69) is 0 Å². The zero-order valence-electron chi connectivity index (χ0n) is 11.3. The summed E-state index contributed by atoms with van der Waals surface area (Å²) in [5.41, 5.74) is 0.431. The van der Waals surface area contributed by atoms with Crippen LogP contribution in [0.2, 0.25) is 0 Å². The van der Waals surface area contributed by atoms with Gasteiger partial charge in [0.05, 0.1) is 11.0 Å². The molecule has 5 nitrogen and oxygen atoms in total. The number of hydrogen-bond acceptors (Lipinski definition) is 4. The standard InChI is InChI=1S/C13H19NO4S/c1-10(15)8-9-14(2)13(16)11-4-6-12(7-5-11)19(3,17)18/h4-7,10,15H,8-9H2,1-3H3. The van der Waals surface area contributed by atoms with E-state index < -0.39 is 15.9 Å². The monoisotopic (exact) mass is 285 g/mol. The molecule has 106 valence electrons. The summed E-state index contributed by atoms with van der Waals surface area (Å²) in [7, 11) is -1.60. The van der Waals surface area contributed by atoms with E-state index in [0.29, 0.717) is 18.5 Å². The van der Waals surface area contributed by atoms with Crippen LogP contribution in [0.4, 0.5) is 0 Å². The van der Waals surface area contributed by atoms with Crippen LogP contribution in [0.5, 0.6) is 0 Å². The Balaban J connectivity index is 2.78.